The Labute approximate surface area is 167 Å². The van der Waals surface area contributed by atoms with Gasteiger partial charge in [-0.25, -0.2) is 0 Å². The zero-order valence-corrected chi connectivity index (χ0v) is 18.0. The van der Waals surface area contributed by atoms with Gasteiger partial charge in [0.25, 0.3) is 0 Å². The van der Waals surface area contributed by atoms with Crippen molar-refractivity contribution in [3.63, 3.8) is 0 Å². The van der Waals surface area contributed by atoms with E-state index in [0.717, 1.165) is 22.2 Å². The van der Waals surface area contributed by atoms with Crippen molar-refractivity contribution in [2.24, 2.45) is 0 Å². The fourth-order valence-corrected chi connectivity index (χ4v) is 5.32. The van der Waals surface area contributed by atoms with Crippen molar-refractivity contribution in [2.45, 2.75) is 26.2 Å². The van der Waals surface area contributed by atoms with Gasteiger partial charge in [-0.2, -0.15) is 0 Å². The normalized spacial score (nSPS) is 12.9. The van der Waals surface area contributed by atoms with Crippen molar-refractivity contribution in [2.75, 3.05) is 5.32 Å². The first-order chi connectivity index (χ1) is 12.7. The molecule has 0 saturated carbocycles. The summed E-state index contributed by atoms with van der Waals surface area (Å²) in [6.45, 7) is 1.22. The number of hydrogen-bond donors (Lipinski definition) is 3. The molecule has 0 aliphatic heterocycles. The number of aromatic hydroxyl groups is 1. The first-order valence-corrected chi connectivity index (χ1v) is 12.2. The van der Waals surface area contributed by atoms with Crippen LogP contribution in [0.5, 0.6) is 5.75 Å². The van der Waals surface area contributed by atoms with E-state index in [9.17, 15) is 22.5 Å². The van der Waals surface area contributed by atoms with Crippen LogP contribution in [0.2, 0.25) is 0 Å². The van der Waals surface area contributed by atoms with E-state index in [0.29, 0.717) is 12.8 Å². The van der Waals surface area contributed by atoms with E-state index < -0.39 is 26.0 Å². The summed E-state index contributed by atoms with van der Waals surface area (Å²) in [4.78, 5) is 23.3. The predicted molar refractivity (Wildman–Crippen MR) is 104 cm³/mol. The molecule has 2 aromatic carbocycles. The molecule has 144 valence electrons. The van der Waals surface area contributed by atoms with Crippen molar-refractivity contribution in [3.05, 3.63) is 52.5 Å². The van der Waals surface area contributed by atoms with E-state index in [1.54, 1.807) is 0 Å². The van der Waals surface area contributed by atoms with E-state index >= 15 is 0 Å². The molecule has 27 heavy (non-hydrogen) atoms. The third-order valence-corrected chi connectivity index (χ3v) is 7.42. The SMILES string of the molecule is CC(=O)Nc1cc(O)ccc1[As](=O)(O)OC(=O)CCCc1ccccc1Br. The zero-order chi connectivity index (χ0) is 20.0. The molecule has 1 unspecified atom stereocenters. The van der Waals surface area contributed by atoms with Crippen LogP contribution in [0.3, 0.4) is 0 Å². The molecule has 0 saturated heterocycles. The van der Waals surface area contributed by atoms with Gasteiger partial charge >= 0.3 is 168 Å². The third-order valence-electron chi connectivity index (χ3n) is 3.61. The molecule has 0 fully saturated rings. The molecular formula is C18H19AsBrNO6. The molecule has 3 N–H and O–H groups in total. The first kappa shape index (κ1) is 21.3. The van der Waals surface area contributed by atoms with Gasteiger partial charge in [-0.1, -0.05) is 0 Å². The maximum atomic E-state index is 12.6. The molecule has 0 radical (unpaired) electrons. The Bertz CT molecular complexity index is 901. The number of phenolic OH excluding ortho intramolecular Hbond substituents is 1. The molecule has 9 heteroatoms. The second-order valence-electron chi connectivity index (χ2n) is 5.81. The second-order valence-corrected chi connectivity index (χ2v) is 10.2. The molecule has 0 aliphatic carbocycles. The number of halogens is 1. The maximum absolute atomic E-state index is 12.6. The molecule has 7 nitrogen and oxygen atoms in total. The Hall–Kier alpha value is -2.02. The molecule has 0 spiro atoms. The monoisotopic (exact) mass is 499 g/mol. The Morgan fingerprint density at radius 1 is 1.22 bits per heavy atom. The number of nitrogens with one attached hydrogen (secondary N) is 1. The molecular weight excluding hydrogens is 481 g/mol. The molecule has 2 aromatic rings. The van der Waals surface area contributed by atoms with Crippen LogP contribution < -0.4 is 9.67 Å². The Morgan fingerprint density at radius 3 is 2.59 bits per heavy atom. The summed E-state index contributed by atoms with van der Waals surface area (Å²) >= 11 is -1.82. The number of benzene rings is 2. The van der Waals surface area contributed by atoms with Crippen molar-refractivity contribution in [1.82, 2.24) is 0 Å². The van der Waals surface area contributed by atoms with Gasteiger partial charge in [0, 0.05) is 0 Å². The van der Waals surface area contributed by atoms with Gasteiger partial charge in [0.05, 0.1) is 0 Å². The van der Waals surface area contributed by atoms with Crippen LogP contribution in [0.1, 0.15) is 25.3 Å². The Morgan fingerprint density at radius 2 is 1.93 bits per heavy atom. The van der Waals surface area contributed by atoms with Gasteiger partial charge in [0.1, 0.15) is 0 Å². The average molecular weight is 500 g/mol. The van der Waals surface area contributed by atoms with Crippen molar-refractivity contribution in [1.29, 1.82) is 0 Å². The summed E-state index contributed by atoms with van der Waals surface area (Å²) in [6.07, 6.45) is 1.03. The van der Waals surface area contributed by atoms with Crippen LogP contribution in [-0.4, -0.2) is 35.3 Å². The van der Waals surface area contributed by atoms with E-state index in [-0.39, 0.29) is 22.2 Å². The fraction of sp³-hybridized carbons (Fsp3) is 0.222. The van der Waals surface area contributed by atoms with Crippen LogP contribution in [0.15, 0.2) is 46.9 Å². The number of rotatable bonds is 7. The molecule has 0 heterocycles. The first-order valence-electron chi connectivity index (χ1n) is 8.09. The van der Waals surface area contributed by atoms with Crippen LogP contribution >= 0.6 is 15.9 Å². The Balaban J connectivity index is 2.03. The third kappa shape index (κ3) is 6.27. The Kier molecular flexibility index (Phi) is 7.30. The topological polar surface area (TPSA) is 113 Å². The van der Waals surface area contributed by atoms with Crippen LogP contribution in [0.25, 0.3) is 0 Å². The number of phenols is 1. The predicted octanol–water partition coefficient (Wildman–Crippen LogP) is 2.25. The summed E-state index contributed by atoms with van der Waals surface area (Å²) in [7, 11) is 0. The quantitative estimate of drug-likeness (QED) is 0.503. The molecule has 2 rings (SSSR count). The number of amides is 1. The number of aryl methyl sites for hydroxylation is 1. The molecule has 1 atom stereocenters. The second kappa shape index (κ2) is 9.26. The van der Waals surface area contributed by atoms with E-state index in [1.165, 1.54) is 13.0 Å². The van der Waals surface area contributed by atoms with Crippen LogP contribution in [0, 0.1) is 0 Å². The molecule has 1 amide bonds. The summed E-state index contributed by atoms with van der Waals surface area (Å²) in [5.41, 5.74) is 0.961. The fourth-order valence-electron chi connectivity index (χ4n) is 2.42. The van der Waals surface area contributed by atoms with E-state index in [1.807, 2.05) is 24.3 Å². The number of carbonyl (C=O) groups is 2. The summed E-state index contributed by atoms with van der Waals surface area (Å²) < 4.78 is 28.4. The van der Waals surface area contributed by atoms with Crippen molar-refractivity contribution in [3.8, 4) is 5.75 Å². The van der Waals surface area contributed by atoms with E-state index in [4.69, 9.17) is 3.73 Å². The summed E-state index contributed by atoms with van der Waals surface area (Å²) in [5, 5.41) is 11.9. The minimum absolute atomic E-state index is 0.0270. The van der Waals surface area contributed by atoms with Gasteiger partial charge in [0.2, 0.25) is 0 Å². The van der Waals surface area contributed by atoms with Gasteiger partial charge in [-0.3, -0.25) is 0 Å². The van der Waals surface area contributed by atoms with Crippen LogP contribution in [0.4, 0.5) is 5.69 Å². The number of carbonyl (C=O) groups excluding carboxylic acids is 2. The van der Waals surface area contributed by atoms with Gasteiger partial charge in [0.15, 0.2) is 0 Å². The minimum atomic E-state index is -5.24. The van der Waals surface area contributed by atoms with Crippen molar-refractivity contribution < 1.29 is 26.3 Å². The van der Waals surface area contributed by atoms with Gasteiger partial charge < -0.3 is 0 Å². The zero-order valence-electron chi connectivity index (χ0n) is 14.5. The summed E-state index contributed by atoms with van der Waals surface area (Å²) in [6, 6.07) is 11.1. The molecule has 0 aromatic heterocycles. The van der Waals surface area contributed by atoms with Gasteiger partial charge in [-0.05, 0) is 0 Å². The molecule has 0 aliphatic rings. The average Bonchev–Trinajstić information content (AvgIpc) is 2.55. The molecule has 0 bridgehead atoms. The van der Waals surface area contributed by atoms with E-state index in [2.05, 4.69) is 21.2 Å². The number of anilines is 1. The standard InChI is InChI=1S/C18H19AsBrNO6/c1-12(22)21-17-11-14(23)9-10-15(17)19(25,26)27-18(24)8-4-6-13-5-2-3-7-16(13)20/h2-3,5,7,9-11,23H,4,6,8H2,1H3,(H,21,22)(H,25,26). The van der Waals surface area contributed by atoms with Crippen LogP contribution in [-0.2, 0) is 23.5 Å². The summed E-state index contributed by atoms with van der Waals surface area (Å²) in [5.74, 6) is -1.48. The van der Waals surface area contributed by atoms with Gasteiger partial charge in [-0.15, -0.1) is 0 Å². The van der Waals surface area contributed by atoms with Crippen molar-refractivity contribution >= 4 is 52.0 Å². The number of hydrogen-bond acceptors (Lipinski definition) is 5.